The summed E-state index contributed by atoms with van der Waals surface area (Å²) in [7, 11) is 3.39. The van der Waals surface area contributed by atoms with E-state index >= 15 is 0 Å². The van der Waals surface area contributed by atoms with E-state index in [0.29, 0.717) is 22.8 Å². The zero-order chi connectivity index (χ0) is 13.8. The molecule has 0 aliphatic rings. The number of nitrogen functional groups attached to an aromatic ring is 1. The van der Waals surface area contributed by atoms with Crippen LogP contribution in [0, 0.1) is 0 Å². The lowest BCUT2D eigenvalue weighted by Crippen LogP contribution is -2.21. The molecule has 2 rings (SSSR count). The van der Waals surface area contributed by atoms with Gasteiger partial charge in [-0.25, -0.2) is 0 Å². The third kappa shape index (κ3) is 3.07. The van der Waals surface area contributed by atoms with Crippen molar-refractivity contribution in [2.24, 2.45) is 0 Å². The fraction of sp³-hybridized carbons (Fsp3) is 0.214. The zero-order valence-corrected chi connectivity index (χ0v) is 10.9. The highest BCUT2D eigenvalue weighted by molar-refractivity contribution is 5.94. The van der Waals surface area contributed by atoms with Crippen molar-refractivity contribution in [1.82, 2.24) is 4.90 Å². The maximum Gasteiger partial charge on any atom is 0.253 e. The van der Waals surface area contributed by atoms with Gasteiger partial charge in [0.1, 0.15) is 18.1 Å². The number of carbonyl (C=O) groups excluding carboxylic acids is 1. The SMILES string of the molecule is CN(C)C(=O)c1ccc(N)c(OCc2ccco2)c1. The second kappa shape index (κ2) is 5.48. The number of anilines is 1. The Kier molecular flexibility index (Phi) is 3.75. The molecule has 0 aliphatic carbocycles. The number of benzene rings is 1. The summed E-state index contributed by atoms with van der Waals surface area (Å²) < 4.78 is 10.7. The fourth-order valence-corrected chi connectivity index (χ4v) is 1.59. The van der Waals surface area contributed by atoms with Crippen LogP contribution >= 0.6 is 0 Å². The van der Waals surface area contributed by atoms with Gasteiger partial charge in [-0.15, -0.1) is 0 Å². The van der Waals surface area contributed by atoms with E-state index in [2.05, 4.69) is 0 Å². The summed E-state index contributed by atoms with van der Waals surface area (Å²) in [4.78, 5) is 13.4. The molecule has 1 aromatic heterocycles. The van der Waals surface area contributed by atoms with Crippen molar-refractivity contribution in [3.8, 4) is 5.75 Å². The summed E-state index contributed by atoms with van der Waals surface area (Å²) in [5.74, 6) is 1.08. The van der Waals surface area contributed by atoms with Crippen LogP contribution in [0.3, 0.4) is 0 Å². The van der Waals surface area contributed by atoms with Gasteiger partial charge in [0.05, 0.1) is 12.0 Å². The van der Waals surface area contributed by atoms with Crippen LogP contribution in [0.25, 0.3) is 0 Å². The van der Waals surface area contributed by atoms with Crippen LogP contribution in [0.5, 0.6) is 5.75 Å². The molecular formula is C14H16N2O3. The van der Waals surface area contributed by atoms with Crippen molar-refractivity contribution < 1.29 is 13.9 Å². The molecule has 5 heteroatoms. The molecule has 1 aromatic carbocycles. The van der Waals surface area contributed by atoms with E-state index in [9.17, 15) is 4.79 Å². The number of rotatable bonds is 4. The zero-order valence-electron chi connectivity index (χ0n) is 10.9. The molecule has 2 N–H and O–H groups in total. The first-order valence-corrected chi connectivity index (χ1v) is 5.84. The Labute approximate surface area is 111 Å². The molecule has 100 valence electrons. The smallest absolute Gasteiger partial charge is 0.253 e. The molecule has 1 amide bonds. The lowest BCUT2D eigenvalue weighted by Gasteiger charge is -2.13. The number of nitrogens with two attached hydrogens (primary N) is 1. The Morgan fingerprint density at radius 3 is 2.79 bits per heavy atom. The third-order valence-corrected chi connectivity index (χ3v) is 2.62. The standard InChI is InChI=1S/C14H16N2O3/c1-16(2)14(17)10-5-6-12(15)13(8-10)19-9-11-4-3-7-18-11/h3-8H,9,15H2,1-2H3. The number of nitrogens with zero attached hydrogens (tertiary/aromatic N) is 1. The molecule has 0 unspecified atom stereocenters. The molecule has 0 saturated carbocycles. The Balaban J connectivity index is 2.15. The van der Waals surface area contributed by atoms with Gasteiger partial charge >= 0.3 is 0 Å². The average molecular weight is 260 g/mol. The number of ether oxygens (including phenoxy) is 1. The van der Waals surface area contributed by atoms with Crippen LogP contribution in [0.2, 0.25) is 0 Å². The minimum atomic E-state index is -0.0946. The van der Waals surface area contributed by atoms with E-state index in [-0.39, 0.29) is 12.5 Å². The highest BCUT2D eigenvalue weighted by Gasteiger charge is 2.11. The first-order chi connectivity index (χ1) is 9.08. The number of carbonyl (C=O) groups is 1. The minimum Gasteiger partial charge on any atom is -0.483 e. The first kappa shape index (κ1) is 13.0. The van der Waals surface area contributed by atoms with Gasteiger partial charge in [-0.3, -0.25) is 4.79 Å². The Hall–Kier alpha value is -2.43. The van der Waals surface area contributed by atoms with E-state index < -0.39 is 0 Å². The monoisotopic (exact) mass is 260 g/mol. The summed E-state index contributed by atoms with van der Waals surface area (Å²) >= 11 is 0. The van der Waals surface area contributed by atoms with E-state index in [1.54, 1.807) is 44.6 Å². The van der Waals surface area contributed by atoms with E-state index in [4.69, 9.17) is 14.9 Å². The largest absolute Gasteiger partial charge is 0.483 e. The van der Waals surface area contributed by atoms with Gasteiger partial charge < -0.3 is 19.8 Å². The van der Waals surface area contributed by atoms with Crippen molar-refractivity contribution in [3.63, 3.8) is 0 Å². The molecule has 0 fully saturated rings. The topological polar surface area (TPSA) is 68.7 Å². The molecule has 0 saturated heterocycles. The van der Waals surface area contributed by atoms with E-state index in [0.717, 1.165) is 0 Å². The maximum atomic E-state index is 11.9. The number of furan rings is 1. The fourth-order valence-electron chi connectivity index (χ4n) is 1.59. The van der Waals surface area contributed by atoms with Gasteiger partial charge in [0, 0.05) is 19.7 Å². The van der Waals surface area contributed by atoms with Crippen LogP contribution in [-0.4, -0.2) is 24.9 Å². The molecular weight excluding hydrogens is 244 g/mol. The van der Waals surface area contributed by atoms with Crippen molar-refractivity contribution in [1.29, 1.82) is 0 Å². The number of amides is 1. The van der Waals surface area contributed by atoms with Gasteiger partial charge in [-0.05, 0) is 30.3 Å². The normalized spacial score (nSPS) is 10.2. The van der Waals surface area contributed by atoms with E-state index in [1.807, 2.05) is 6.07 Å². The highest BCUT2D eigenvalue weighted by atomic mass is 16.5. The molecule has 5 nitrogen and oxygen atoms in total. The number of hydrogen-bond donors (Lipinski definition) is 1. The molecule has 0 radical (unpaired) electrons. The molecule has 0 bridgehead atoms. The summed E-state index contributed by atoms with van der Waals surface area (Å²) in [5, 5.41) is 0. The van der Waals surface area contributed by atoms with Gasteiger partial charge in [0.2, 0.25) is 0 Å². The van der Waals surface area contributed by atoms with Crippen molar-refractivity contribution in [2.75, 3.05) is 19.8 Å². The van der Waals surface area contributed by atoms with Crippen molar-refractivity contribution >= 4 is 11.6 Å². The second-order valence-corrected chi connectivity index (χ2v) is 4.32. The lowest BCUT2D eigenvalue weighted by molar-refractivity contribution is 0.0827. The first-order valence-electron chi connectivity index (χ1n) is 5.84. The summed E-state index contributed by atoms with van der Waals surface area (Å²) in [6.45, 7) is 0.275. The summed E-state index contributed by atoms with van der Waals surface area (Å²) in [6.07, 6.45) is 1.58. The van der Waals surface area contributed by atoms with Crippen LogP contribution < -0.4 is 10.5 Å². The quantitative estimate of drug-likeness (QED) is 0.855. The highest BCUT2D eigenvalue weighted by Crippen LogP contribution is 2.24. The Morgan fingerprint density at radius 1 is 1.37 bits per heavy atom. The van der Waals surface area contributed by atoms with E-state index in [1.165, 1.54) is 4.90 Å². The summed E-state index contributed by atoms with van der Waals surface area (Å²) in [5.41, 5.74) is 6.85. The molecule has 1 heterocycles. The Morgan fingerprint density at radius 2 is 2.16 bits per heavy atom. The lowest BCUT2D eigenvalue weighted by atomic mass is 10.1. The van der Waals surface area contributed by atoms with Gasteiger partial charge in [0.25, 0.3) is 5.91 Å². The van der Waals surface area contributed by atoms with Crippen LogP contribution in [0.4, 0.5) is 5.69 Å². The van der Waals surface area contributed by atoms with Gasteiger partial charge in [-0.1, -0.05) is 0 Å². The van der Waals surface area contributed by atoms with Crippen molar-refractivity contribution in [2.45, 2.75) is 6.61 Å². The van der Waals surface area contributed by atoms with Crippen LogP contribution in [-0.2, 0) is 6.61 Å². The average Bonchev–Trinajstić information content (AvgIpc) is 2.90. The molecule has 0 spiro atoms. The Bertz CT molecular complexity index is 562. The van der Waals surface area contributed by atoms with Crippen LogP contribution in [0.1, 0.15) is 16.1 Å². The predicted molar refractivity (Wildman–Crippen MR) is 71.9 cm³/mol. The number of hydrogen-bond acceptors (Lipinski definition) is 4. The molecule has 2 aromatic rings. The van der Waals surface area contributed by atoms with Gasteiger partial charge in [-0.2, -0.15) is 0 Å². The summed E-state index contributed by atoms with van der Waals surface area (Å²) in [6, 6.07) is 8.57. The molecule has 0 atom stereocenters. The van der Waals surface area contributed by atoms with Crippen LogP contribution in [0.15, 0.2) is 41.0 Å². The van der Waals surface area contributed by atoms with Crippen molar-refractivity contribution in [3.05, 3.63) is 47.9 Å². The molecule has 0 aliphatic heterocycles. The molecule has 19 heavy (non-hydrogen) atoms. The third-order valence-electron chi connectivity index (χ3n) is 2.62. The van der Waals surface area contributed by atoms with Gasteiger partial charge in [0.15, 0.2) is 0 Å². The predicted octanol–water partition coefficient (Wildman–Crippen LogP) is 2.14. The minimum absolute atomic E-state index is 0.0946. The second-order valence-electron chi connectivity index (χ2n) is 4.32. The maximum absolute atomic E-state index is 11.9.